The number of carbonyl (C=O) groups is 1. The molecular formula is C13H24N2O2. The molecule has 0 aliphatic carbocycles. The molecule has 17 heavy (non-hydrogen) atoms. The summed E-state index contributed by atoms with van der Waals surface area (Å²) in [5.74, 6) is 1.05. The molecule has 0 aromatic heterocycles. The van der Waals surface area contributed by atoms with Crippen molar-refractivity contribution in [2.24, 2.45) is 11.8 Å². The van der Waals surface area contributed by atoms with E-state index >= 15 is 0 Å². The highest BCUT2D eigenvalue weighted by atomic mass is 16.5. The maximum atomic E-state index is 12.0. The Balaban J connectivity index is 1.71. The zero-order valence-corrected chi connectivity index (χ0v) is 10.7. The molecule has 0 saturated carbocycles. The second-order valence-corrected chi connectivity index (χ2v) is 5.31. The number of piperidine rings is 1. The highest BCUT2D eigenvalue weighted by Gasteiger charge is 2.24. The minimum atomic E-state index is 0.169. The molecule has 2 saturated heterocycles. The van der Waals surface area contributed by atoms with E-state index in [-0.39, 0.29) is 11.8 Å². The van der Waals surface area contributed by atoms with Crippen molar-refractivity contribution in [1.82, 2.24) is 10.6 Å². The van der Waals surface area contributed by atoms with Crippen molar-refractivity contribution in [1.29, 1.82) is 0 Å². The Morgan fingerprint density at radius 1 is 1.35 bits per heavy atom. The van der Waals surface area contributed by atoms with Crippen molar-refractivity contribution in [2.75, 3.05) is 26.3 Å². The Kier molecular flexibility index (Phi) is 4.80. The Labute approximate surface area is 103 Å². The largest absolute Gasteiger partial charge is 0.381 e. The zero-order chi connectivity index (χ0) is 12.1. The van der Waals surface area contributed by atoms with Gasteiger partial charge in [0.1, 0.15) is 0 Å². The lowest BCUT2D eigenvalue weighted by molar-refractivity contribution is -0.128. The molecule has 2 atom stereocenters. The van der Waals surface area contributed by atoms with Gasteiger partial charge in [-0.3, -0.25) is 4.79 Å². The number of ether oxygens (including phenoxy) is 1. The Morgan fingerprint density at radius 3 is 2.82 bits per heavy atom. The van der Waals surface area contributed by atoms with Gasteiger partial charge in [-0.25, -0.2) is 0 Å². The van der Waals surface area contributed by atoms with Crippen LogP contribution in [0.15, 0.2) is 0 Å². The molecule has 0 bridgehead atoms. The molecule has 1 amide bonds. The Hall–Kier alpha value is -0.610. The summed E-state index contributed by atoms with van der Waals surface area (Å²) in [7, 11) is 0. The van der Waals surface area contributed by atoms with E-state index in [4.69, 9.17) is 4.74 Å². The van der Waals surface area contributed by atoms with Crippen LogP contribution in [0, 0.1) is 11.8 Å². The molecular weight excluding hydrogens is 216 g/mol. The SMILES string of the molecule is CC1CCCNC1CNC(=O)C1CCOCC1. The summed E-state index contributed by atoms with van der Waals surface area (Å²) in [6, 6.07) is 0.451. The van der Waals surface area contributed by atoms with Gasteiger partial charge in [0.15, 0.2) is 0 Å². The summed E-state index contributed by atoms with van der Waals surface area (Å²) in [6.07, 6.45) is 4.27. The Bertz CT molecular complexity index is 252. The van der Waals surface area contributed by atoms with Gasteiger partial charge in [-0.1, -0.05) is 6.92 Å². The van der Waals surface area contributed by atoms with Crippen LogP contribution in [0.4, 0.5) is 0 Å². The third-order valence-electron chi connectivity index (χ3n) is 4.02. The normalized spacial score (nSPS) is 31.1. The van der Waals surface area contributed by atoms with Crippen molar-refractivity contribution in [3.05, 3.63) is 0 Å². The first kappa shape index (κ1) is 12.8. The van der Waals surface area contributed by atoms with Crippen molar-refractivity contribution < 1.29 is 9.53 Å². The predicted molar refractivity (Wildman–Crippen MR) is 66.7 cm³/mol. The van der Waals surface area contributed by atoms with Crippen LogP contribution in [0.2, 0.25) is 0 Å². The summed E-state index contributed by atoms with van der Waals surface area (Å²) in [4.78, 5) is 12.0. The summed E-state index contributed by atoms with van der Waals surface area (Å²) >= 11 is 0. The van der Waals surface area contributed by atoms with E-state index < -0.39 is 0 Å². The molecule has 0 aromatic carbocycles. The van der Waals surface area contributed by atoms with Gasteiger partial charge in [0.2, 0.25) is 5.91 Å². The minimum absolute atomic E-state index is 0.169. The van der Waals surface area contributed by atoms with E-state index in [9.17, 15) is 4.79 Å². The van der Waals surface area contributed by atoms with Crippen LogP contribution in [0.5, 0.6) is 0 Å². The van der Waals surface area contributed by atoms with Crippen LogP contribution >= 0.6 is 0 Å². The summed E-state index contributed by atoms with van der Waals surface area (Å²) < 4.78 is 5.27. The van der Waals surface area contributed by atoms with E-state index in [1.165, 1.54) is 12.8 Å². The number of nitrogens with one attached hydrogen (secondary N) is 2. The lowest BCUT2D eigenvalue weighted by Crippen LogP contribution is -2.49. The molecule has 2 unspecified atom stereocenters. The van der Waals surface area contributed by atoms with Gasteiger partial charge in [0, 0.05) is 31.7 Å². The maximum absolute atomic E-state index is 12.0. The zero-order valence-electron chi connectivity index (χ0n) is 10.7. The van der Waals surface area contributed by atoms with Gasteiger partial charge in [0.05, 0.1) is 0 Å². The van der Waals surface area contributed by atoms with E-state index in [0.717, 1.165) is 39.1 Å². The third kappa shape index (κ3) is 3.68. The fourth-order valence-electron chi connectivity index (χ4n) is 2.70. The predicted octanol–water partition coefficient (Wildman–Crippen LogP) is 0.917. The molecule has 2 aliphatic rings. The first-order valence-electron chi connectivity index (χ1n) is 6.86. The fourth-order valence-corrected chi connectivity index (χ4v) is 2.70. The van der Waals surface area contributed by atoms with Crippen molar-refractivity contribution in [3.63, 3.8) is 0 Å². The van der Waals surface area contributed by atoms with E-state index in [1.807, 2.05) is 0 Å². The smallest absolute Gasteiger partial charge is 0.223 e. The van der Waals surface area contributed by atoms with Crippen molar-refractivity contribution in [2.45, 2.75) is 38.6 Å². The van der Waals surface area contributed by atoms with Crippen molar-refractivity contribution in [3.8, 4) is 0 Å². The van der Waals surface area contributed by atoms with Crippen LogP contribution in [0.3, 0.4) is 0 Å². The summed E-state index contributed by atoms with van der Waals surface area (Å²) in [5.41, 5.74) is 0. The molecule has 0 aromatic rings. The highest BCUT2D eigenvalue weighted by molar-refractivity contribution is 5.78. The summed E-state index contributed by atoms with van der Waals surface area (Å²) in [6.45, 7) is 5.59. The molecule has 4 nitrogen and oxygen atoms in total. The number of amides is 1. The highest BCUT2D eigenvalue weighted by Crippen LogP contribution is 2.16. The molecule has 2 fully saturated rings. The second kappa shape index (κ2) is 6.36. The van der Waals surface area contributed by atoms with Crippen LogP contribution in [0.25, 0.3) is 0 Å². The number of hydrogen-bond acceptors (Lipinski definition) is 3. The number of hydrogen-bond donors (Lipinski definition) is 2. The van der Waals surface area contributed by atoms with Gasteiger partial charge in [0.25, 0.3) is 0 Å². The monoisotopic (exact) mass is 240 g/mol. The number of rotatable bonds is 3. The quantitative estimate of drug-likeness (QED) is 0.771. The minimum Gasteiger partial charge on any atom is -0.381 e. The lowest BCUT2D eigenvalue weighted by atomic mass is 9.92. The summed E-state index contributed by atoms with van der Waals surface area (Å²) in [5, 5.41) is 6.58. The maximum Gasteiger partial charge on any atom is 0.223 e. The fraction of sp³-hybridized carbons (Fsp3) is 0.923. The van der Waals surface area contributed by atoms with Gasteiger partial charge in [-0.05, 0) is 38.1 Å². The standard InChI is InChI=1S/C13H24N2O2/c1-10-3-2-6-14-12(10)9-15-13(16)11-4-7-17-8-5-11/h10-12,14H,2-9H2,1H3,(H,15,16). The van der Waals surface area contributed by atoms with E-state index in [1.54, 1.807) is 0 Å². The average Bonchev–Trinajstić information content (AvgIpc) is 2.38. The molecule has 4 heteroatoms. The first-order chi connectivity index (χ1) is 8.27. The van der Waals surface area contributed by atoms with E-state index in [2.05, 4.69) is 17.6 Å². The molecule has 98 valence electrons. The van der Waals surface area contributed by atoms with Crippen molar-refractivity contribution >= 4 is 5.91 Å². The molecule has 2 N–H and O–H groups in total. The van der Waals surface area contributed by atoms with Gasteiger partial charge in [-0.15, -0.1) is 0 Å². The topological polar surface area (TPSA) is 50.4 Å². The first-order valence-corrected chi connectivity index (χ1v) is 6.86. The molecule has 0 spiro atoms. The van der Waals surface area contributed by atoms with Crippen LogP contribution in [-0.2, 0) is 9.53 Å². The van der Waals surface area contributed by atoms with Gasteiger partial charge < -0.3 is 15.4 Å². The van der Waals surface area contributed by atoms with Crippen LogP contribution in [-0.4, -0.2) is 38.3 Å². The third-order valence-corrected chi connectivity index (χ3v) is 4.02. The Morgan fingerprint density at radius 2 is 2.12 bits per heavy atom. The van der Waals surface area contributed by atoms with E-state index in [0.29, 0.717) is 12.0 Å². The average molecular weight is 240 g/mol. The second-order valence-electron chi connectivity index (χ2n) is 5.31. The lowest BCUT2D eigenvalue weighted by Gasteiger charge is -2.31. The van der Waals surface area contributed by atoms with Gasteiger partial charge >= 0.3 is 0 Å². The molecule has 0 radical (unpaired) electrons. The van der Waals surface area contributed by atoms with Crippen LogP contribution < -0.4 is 10.6 Å². The van der Waals surface area contributed by atoms with Gasteiger partial charge in [-0.2, -0.15) is 0 Å². The molecule has 2 rings (SSSR count). The van der Waals surface area contributed by atoms with Crippen LogP contribution in [0.1, 0.15) is 32.6 Å². The molecule has 2 aliphatic heterocycles. The number of carbonyl (C=O) groups excluding carboxylic acids is 1. The molecule has 2 heterocycles.